The van der Waals surface area contributed by atoms with E-state index in [4.69, 9.17) is 0 Å². The quantitative estimate of drug-likeness (QED) is 0.907. The van der Waals surface area contributed by atoms with Crippen LogP contribution in [-0.4, -0.2) is 20.7 Å². The SMILES string of the molecule is CC(C)(C)c1cc(NC(=O)c2cccn2C2CCC2)n[nH]1. The van der Waals surface area contributed by atoms with Gasteiger partial charge in [-0.15, -0.1) is 0 Å². The molecular formula is C16H22N4O. The van der Waals surface area contributed by atoms with Crippen LogP contribution in [0.5, 0.6) is 0 Å². The smallest absolute Gasteiger partial charge is 0.273 e. The molecular weight excluding hydrogens is 264 g/mol. The van der Waals surface area contributed by atoms with E-state index in [0.29, 0.717) is 17.6 Å². The van der Waals surface area contributed by atoms with E-state index < -0.39 is 0 Å². The second kappa shape index (κ2) is 5.06. The lowest BCUT2D eigenvalue weighted by atomic mass is 9.92. The van der Waals surface area contributed by atoms with Crippen molar-refractivity contribution in [1.29, 1.82) is 0 Å². The first-order valence-electron chi connectivity index (χ1n) is 7.49. The van der Waals surface area contributed by atoms with Gasteiger partial charge in [-0.25, -0.2) is 0 Å². The minimum atomic E-state index is -0.0983. The molecule has 112 valence electrons. The summed E-state index contributed by atoms with van der Waals surface area (Å²) in [6, 6.07) is 6.17. The predicted octanol–water partition coefficient (Wildman–Crippen LogP) is 3.49. The first-order valence-corrected chi connectivity index (χ1v) is 7.49. The number of nitrogens with zero attached hydrogens (tertiary/aromatic N) is 2. The Labute approximate surface area is 124 Å². The summed E-state index contributed by atoms with van der Waals surface area (Å²) in [5, 5.41) is 10.0. The van der Waals surface area contributed by atoms with E-state index in [-0.39, 0.29) is 11.3 Å². The molecule has 1 aliphatic carbocycles. The number of carbonyl (C=O) groups is 1. The van der Waals surface area contributed by atoms with Crippen LogP contribution in [0.2, 0.25) is 0 Å². The summed E-state index contributed by atoms with van der Waals surface area (Å²) in [5.74, 6) is 0.477. The molecule has 1 amide bonds. The Bertz CT molecular complexity index is 643. The number of carbonyl (C=O) groups excluding carboxylic acids is 1. The van der Waals surface area contributed by atoms with Gasteiger partial charge in [0.05, 0.1) is 0 Å². The molecule has 0 atom stereocenters. The average Bonchev–Trinajstić information content (AvgIpc) is 2.94. The van der Waals surface area contributed by atoms with Crippen molar-refractivity contribution in [3.8, 4) is 0 Å². The monoisotopic (exact) mass is 286 g/mol. The Morgan fingerprint density at radius 3 is 2.76 bits per heavy atom. The summed E-state index contributed by atoms with van der Waals surface area (Å²) in [6.07, 6.45) is 5.55. The minimum absolute atomic E-state index is 0.0118. The van der Waals surface area contributed by atoms with Crippen LogP contribution in [0.15, 0.2) is 24.4 Å². The minimum Gasteiger partial charge on any atom is -0.340 e. The Kier molecular flexibility index (Phi) is 3.35. The first-order chi connectivity index (χ1) is 9.95. The number of anilines is 1. The zero-order valence-electron chi connectivity index (χ0n) is 12.8. The highest BCUT2D eigenvalue weighted by atomic mass is 16.2. The largest absolute Gasteiger partial charge is 0.340 e. The van der Waals surface area contributed by atoms with E-state index in [1.165, 1.54) is 6.42 Å². The fourth-order valence-electron chi connectivity index (χ4n) is 2.52. The van der Waals surface area contributed by atoms with Gasteiger partial charge in [-0.05, 0) is 31.4 Å². The summed E-state index contributed by atoms with van der Waals surface area (Å²) in [5.41, 5.74) is 1.70. The normalized spacial score (nSPS) is 15.8. The summed E-state index contributed by atoms with van der Waals surface area (Å²) in [7, 11) is 0. The summed E-state index contributed by atoms with van der Waals surface area (Å²) in [6.45, 7) is 6.32. The van der Waals surface area contributed by atoms with Gasteiger partial charge in [0.1, 0.15) is 5.69 Å². The zero-order valence-corrected chi connectivity index (χ0v) is 12.8. The van der Waals surface area contributed by atoms with Gasteiger partial charge in [-0.2, -0.15) is 5.10 Å². The molecule has 3 rings (SSSR count). The zero-order chi connectivity index (χ0) is 15.0. The van der Waals surface area contributed by atoms with Crippen LogP contribution in [0.1, 0.15) is 62.3 Å². The third-order valence-electron chi connectivity index (χ3n) is 4.11. The van der Waals surface area contributed by atoms with Gasteiger partial charge in [-0.1, -0.05) is 20.8 Å². The number of hydrogen-bond acceptors (Lipinski definition) is 2. The molecule has 2 N–H and O–H groups in total. The van der Waals surface area contributed by atoms with Gasteiger partial charge < -0.3 is 9.88 Å². The van der Waals surface area contributed by atoms with E-state index in [0.717, 1.165) is 18.5 Å². The third-order valence-corrected chi connectivity index (χ3v) is 4.11. The van der Waals surface area contributed by atoms with Gasteiger partial charge >= 0.3 is 0 Å². The van der Waals surface area contributed by atoms with E-state index in [1.54, 1.807) is 0 Å². The molecule has 1 saturated carbocycles. The summed E-state index contributed by atoms with van der Waals surface area (Å²) < 4.78 is 2.08. The van der Waals surface area contributed by atoms with Gasteiger partial charge in [0.2, 0.25) is 0 Å². The molecule has 1 aliphatic rings. The van der Waals surface area contributed by atoms with Crippen LogP contribution in [0.4, 0.5) is 5.82 Å². The van der Waals surface area contributed by atoms with Crippen molar-refractivity contribution < 1.29 is 4.79 Å². The lowest BCUT2D eigenvalue weighted by Crippen LogP contribution is -2.23. The molecule has 0 aliphatic heterocycles. The first kappa shape index (κ1) is 13.9. The maximum Gasteiger partial charge on any atom is 0.273 e. The highest BCUT2D eigenvalue weighted by Gasteiger charge is 2.24. The van der Waals surface area contributed by atoms with Crippen molar-refractivity contribution in [3.63, 3.8) is 0 Å². The van der Waals surface area contributed by atoms with Crippen molar-refractivity contribution in [3.05, 3.63) is 35.8 Å². The van der Waals surface area contributed by atoms with Crippen LogP contribution in [0, 0.1) is 0 Å². The van der Waals surface area contributed by atoms with Crippen LogP contribution in [0.3, 0.4) is 0 Å². The number of rotatable bonds is 3. The van der Waals surface area contributed by atoms with Crippen molar-refractivity contribution in [1.82, 2.24) is 14.8 Å². The second-order valence-corrected chi connectivity index (χ2v) is 6.76. The molecule has 0 spiro atoms. The van der Waals surface area contributed by atoms with Crippen molar-refractivity contribution in [2.24, 2.45) is 0 Å². The molecule has 1 fully saturated rings. The highest BCUT2D eigenvalue weighted by Crippen LogP contribution is 2.32. The number of aromatic amines is 1. The Morgan fingerprint density at radius 1 is 1.43 bits per heavy atom. The van der Waals surface area contributed by atoms with Gasteiger partial charge in [0.25, 0.3) is 5.91 Å². The van der Waals surface area contributed by atoms with Crippen LogP contribution in [0.25, 0.3) is 0 Å². The maximum absolute atomic E-state index is 12.4. The number of aromatic nitrogens is 3. The molecule has 21 heavy (non-hydrogen) atoms. The molecule has 5 nitrogen and oxygen atoms in total. The predicted molar refractivity (Wildman–Crippen MR) is 82.6 cm³/mol. The van der Waals surface area contributed by atoms with Gasteiger partial charge in [-0.3, -0.25) is 9.89 Å². The third kappa shape index (κ3) is 2.73. The fourth-order valence-corrected chi connectivity index (χ4v) is 2.52. The van der Waals surface area contributed by atoms with E-state index >= 15 is 0 Å². The molecule has 5 heteroatoms. The maximum atomic E-state index is 12.4. The standard InChI is InChI=1S/C16H22N4O/c1-16(2,3)13-10-14(19-18-13)17-15(21)12-8-5-9-20(12)11-6-4-7-11/h5,8-11H,4,6-7H2,1-3H3,(H2,17,18,19,21). The molecule has 0 saturated heterocycles. The van der Waals surface area contributed by atoms with E-state index in [1.807, 2.05) is 24.4 Å². The van der Waals surface area contributed by atoms with Crippen LogP contribution >= 0.6 is 0 Å². The van der Waals surface area contributed by atoms with Crippen molar-refractivity contribution in [2.45, 2.75) is 51.5 Å². The number of hydrogen-bond donors (Lipinski definition) is 2. The summed E-state index contributed by atoms with van der Waals surface area (Å²) >= 11 is 0. The molecule has 0 unspecified atom stereocenters. The Hall–Kier alpha value is -2.04. The van der Waals surface area contributed by atoms with Crippen LogP contribution in [-0.2, 0) is 5.41 Å². The van der Waals surface area contributed by atoms with Crippen LogP contribution < -0.4 is 5.32 Å². The molecule has 0 radical (unpaired) electrons. The molecule has 0 bridgehead atoms. The Morgan fingerprint density at radius 2 is 2.19 bits per heavy atom. The van der Waals surface area contributed by atoms with Crippen molar-refractivity contribution in [2.75, 3.05) is 5.32 Å². The molecule has 2 aromatic rings. The number of amides is 1. The fraction of sp³-hybridized carbons (Fsp3) is 0.500. The average molecular weight is 286 g/mol. The van der Waals surface area contributed by atoms with E-state index in [2.05, 4.69) is 40.9 Å². The van der Waals surface area contributed by atoms with Gasteiger partial charge in [0.15, 0.2) is 5.82 Å². The number of nitrogens with one attached hydrogen (secondary N) is 2. The van der Waals surface area contributed by atoms with Gasteiger partial charge in [0, 0.05) is 29.4 Å². The lowest BCUT2D eigenvalue weighted by molar-refractivity contribution is 0.101. The molecule has 2 aromatic heterocycles. The highest BCUT2D eigenvalue weighted by molar-refractivity contribution is 6.02. The molecule has 2 heterocycles. The topological polar surface area (TPSA) is 62.7 Å². The lowest BCUT2D eigenvalue weighted by Gasteiger charge is -2.28. The van der Waals surface area contributed by atoms with E-state index in [9.17, 15) is 4.79 Å². The second-order valence-electron chi connectivity index (χ2n) is 6.76. The Balaban J connectivity index is 1.74. The molecule has 0 aromatic carbocycles. The van der Waals surface area contributed by atoms with Crippen molar-refractivity contribution >= 4 is 11.7 Å². The number of H-pyrrole nitrogens is 1. The summed E-state index contributed by atoms with van der Waals surface area (Å²) in [4.78, 5) is 12.4.